The smallest absolute Gasteiger partial charge is 0.338 e. The summed E-state index contributed by atoms with van der Waals surface area (Å²) < 4.78 is 6.97. The lowest BCUT2D eigenvalue weighted by Gasteiger charge is -2.38. The lowest BCUT2D eigenvalue weighted by Crippen LogP contribution is -2.48. The molecule has 0 spiro atoms. The number of hydrogen-bond donors (Lipinski definition) is 0. The average molecular weight is 347 g/mol. The first-order valence-electron chi connectivity index (χ1n) is 10.1. The molecule has 1 aromatic rings. The first kappa shape index (κ1) is 20.0. The first-order chi connectivity index (χ1) is 12.0. The van der Waals surface area contributed by atoms with Crippen LogP contribution in [0.3, 0.4) is 0 Å². The van der Waals surface area contributed by atoms with Crippen LogP contribution >= 0.6 is 0 Å². The van der Waals surface area contributed by atoms with E-state index in [1.807, 2.05) is 30.3 Å². The fourth-order valence-electron chi connectivity index (χ4n) is 4.01. The third-order valence-corrected chi connectivity index (χ3v) is 5.45. The van der Waals surface area contributed by atoms with Crippen LogP contribution in [0.4, 0.5) is 0 Å². The van der Waals surface area contributed by atoms with E-state index in [0.29, 0.717) is 11.5 Å². The first-order valence-corrected chi connectivity index (χ1v) is 10.1. The van der Waals surface area contributed by atoms with Crippen molar-refractivity contribution in [2.75, 3.05) is 27.2 Å². The number of quaternary nitrogens is 1. The van der Waals surface area contributed by atoms with Crippen LogP contribution < -0.4 is 0 Å². The summed E-state index contributed by atoms with van der Waals surface area (Å²) in [6, 6.07) is 9.40. The average Bonchev–Trinajstić information content (AvgIpc) is 2.61. The Balaban J connectivity index is 1.90. The highest BCUT2D eigenvalue weighted by Gasteiger charge is 2.33. The minimum atomic E-state index is -0.161. The van der Waals surface area contributed by atoms with Crippen molar-refractivity contribution >= 4 is 5.97 Å². The molecule has 25 heavy (non-hydrogen) atoms. The summed E-state index contributed by atoms with van der Waals surface area (Å²) in [5, 5.41) is 0. The van der Waals surface area contributed by atoms with Crippen LogP contribution in [0, 0.1) is 5.92 Å². The topological polar surface area (TPSA) is 26.3 Å². The van der Waals surface area contributed by atoms with E-state index in [-0.39, 0.29) is 12.1 Å². The number of nitrogens with zero attached hydrogens (tertiary/aromatic N) is 1. The van der Waals surface area contributed by atoms with Gasteiger partial charge in [0, 0.05) is 5.92 Å². The van der Waals surface area contributed by atoms with E-state index in [9.17, 15) is 4.79 Å². The van der Waals surface area contributed by atoms with E-state index in [1.54, 1.807) is 0 Å². The van der Waals surface area contributed by atoms with Gasteiger partial charge in [-0.15, -0.1) is 0 Å². The molecule has 0 heterocycles. The van der Waals surface area contributed by atoms with Crippen molar-refractivity contribution in [2.24, 2.45) is 5.92 Å². The number of carbonyl (C=O) groups is 1. The molecule has 3 nitrogen and oxygen atoms in total. The normalized spacial score (nSPS) is 21.1. The zero-order valence-electron chi connectivity index (χ0n) is 16.4. The fourth-order valence-corrected chi connectivity index (χ4v) is 4.01. The third-order valence-electron chi connectivity index (χ3n) is 5.45. The van der Waals surface area contributed by atoms with Crippen LogP contribution in [0.1, 0.15) is 68.6 Å². The van der Waals surface area contributed by atoms with Gasteiger partial charge >= 0.3 is 5.97 Å². The molecule has 0 aromatic heterocycles. The lowest BCUT2D eigenvalue weighted by atomic mass is 9.85. The Hall–Kier alpha value is -1.35. The summed E-state index contributed by atoms with van der Waals surface area (Å²) in [6.07, 6.45) is 9.95. The maximum Gasteiger partial charge on any atom is 0.338 e. The lowest BCUT2D eigenvalue weighted by molar-refractivity contribution is -0.894. The molecule has 2 atom stereocenters. The number of esters is 1. The molecule has 1 aliphatic carbocycles. The zero-order chi connectivity index (χ0) is 18.1. The Bertz CT molecular complexity index is 512. The Morgan fingerprint density at radius 3 is 2.52 bits per heavy atom. The maximum absolute atomic E-state index is 12.4. The molecule has 0 amide bonds. The maximum atomic E-state index is 12.4. The van der Waals surface area contributed by atoms with Crippen molar-refractivity contribution in [1.82, 2.24) is 0 Å². The molecule has 0 aliphatic heterocycles. The van der Waals surface area contributed by atoms with E-state index in [4.69, 9.17) is 4.74 Å². The molecule has 1 aromatic carbocycles. The second kappa shape index (κ2) is 9.96. The largest absolute Gasteiger partial charge is 0.458 e. The molecular formula is C22H36NO2+. The van der Waals surface area contributed by atoms with Gasteiger partial charge in [0.1, 0.15) is 6.10 Å². The van der Waals surface area contributed by atoms with Crippen molar-refractivity contribution in [1.29, 1.82) is 0 Å². The fraction of sp³-hybridized carbons (Fsp3) is 0.682. The number of rotatable bonds is 9. The zero-order valence-corrected chi connectivity index (χ0v) is 16.4. The molecule has 0 N–H and O–H groups in total. The van der Waals surface area contributed by atoms with E-state index in [0.717, 1.165) is 17.4 Å². The molecule has 1 aliphatic rings. The van der Waals surface area contributed by atoms with Crippen LogP contribution in [0.5, 0.6) is 0 Å². The number of carbonyl (C=O) groups excluding carboxylic acids is 1. The highest BCUT2D eigenvalue weighted by Crippen LogP contribution is 2.29. The molecule has 3 heteroatoms. The van der Waals surface area contributed by atoms with Gasteiger partial charge in [0.2, 0.25) is 0 Å². The van der Waals surface area contributed by atoms with Crippen LogP contribution in [-0.4, -0.2) is 43.7 Å². The minimum absolute atomic E-state index is 0.0782. The molecule has 0 bridgehead atoms. The van der Waals surface area contributed by atoms with Crippen LogP contribution in [0.2, 0.25) is 0 Å². The molecule has 140 valence electrons. The monoisotopic (exact) mass is 346 g/mol. The Labute approximate surface area is 154 Å². The number of hydrogen-bond acceptors (Lipinski definition) is 2. The Kier molecular flexibility index (Phi) is 7.95. The van der Waals surface area contributed by atoms with Crippen LogP contribution in [0.15, 0.2) is 30.3 Å². The molecule has 0 radical (unpaired) electrons. The predicted octanol–water partition coefficient (Wildman–Crippen LogP) is 5.06. The van der Waals surface area contributed by atoms with Gasteiger partial charge in [0.15, 0.2) is 0 Å². The quantitative estimate of drug-likeness (QED) is 0.355. The Morgan fingerprint density at radius 2 is 1.80 bits per heavy atom. The van der Waals surface area contributed by atoms with Crippen LogP contribution in [-0.2, 0) is 4.74 Å². The highest BCUT2D eigenvalue weighted by atomic mass is 16.5. The second-order valence-corrected chi connectivity index (χ2v) is 8.26. The van der Waals surface area contributed by atoms with Crippen molar-refractivity contribution in [3.63, 3.8) is 0 Å². The molecule has 1 saturated carbocycles. The van der Waals surface area contributed by atoms with Gasteiger partial charge in [-0.1, -0.05) is 44.4 Å². The summed E-state index contributed by atoms with van der Waals surface area (Å²) >= 11 is 0. The second-order valence-electron chi connectivity index (χ2n) is 8.26. The van der Waals surface area contributed by atoms with Gasteiger partial charge in [-0.2, -0.15) is 0 Å². The van der Waals surface area contributed by atoms with E-state index in [2.05, 4.69) is 21.0 Å². The standard InChI is InChI=1S/C22H36NO2/c1-4-5-6-12-17-23(2,3)18-20-15-10-11-16-21(20)25-22(24)19-13-8-7-9-14-19/h7-9,13-14,20-21H,4-6,10-12,15-18H2,1-3H3/q+1/t20-,21+/m1/s1. The Morgan fingerprint density at radius 1 is 1.08 bits per heavy atom. The number of ether oxygens (including phenoxy) is 1. The molecule has 1 fully saturated rings. The van der Waals surface area contributed by atoms with Gasteiger partial charge in [0.25, 0.3) is 0 Å². The summed E-state index contributed by atoms with van der Waals surface area (Å²) in [7, 11) is 4.66. The number of unbranched alkanes of at least 4 members (excludes halogenated alkanes) is 3. The molecule has 2 rings (SSSR count). The van der Waals surface area contributed by atoms with Crippen molar-refractivity contribution in [2.45, 2.75) is 64.4 Å². The molecule has 0 unspecified atom stereocenters. The van der Waals surface area contributed by atoms with E-state index in [1.165, 1.54) is 51.5 Å². The summed E-state index contributed by atoms with van der Waals surface area (Å²) in [5.41, 5.74) is 0.667. The van der Waals surface area contributed by atoms with Gasteiger partial charge in [-0.3, -0.25) is 0 Å². The van der Waals surface area contributed by atoms with Crippen molar-refractivity contribution in [3.05, 3.63) is 35.9 Å². The van der Waals surface area contributed by atoms with Gasteiger partial charge < -0.3 is 9.22 Å². The summed E-state index contributed by atoms with van der Waals surface area (Å²) in [6.45, 7) is 4.59. The minimum Gasteiger partial charge on any atom is -0.458 e. The third kappa shape index (κ3) is 6.81. The van der Waals surface area contributed by atoms with Gasteiger partial charge in [0.05, 0.1) is 32.7 Å². The molecule has 0 saturated heterocycles. The van der Waals surface area contributed by atoms with Gasteiger partial charge in [-0.25, -0.2) is 4.79 Å². The predicted molar refractivity (Wildman–Crippen MR) is 104 cm³/mol. The highest BCUT2D eigenvalue weighted by molar-refractivity contribution is 5.89. The van der Waals surface area contributed by atoms with E-state index < -0.39 is 0 Å². The summed E-state index contributed by atoms with van der Waals surface area (Å²) in [5.74, 6) is 0.327. The van der Waals surface area contributed by atoms with Crippen molar-refractivity contribution in [3.8, 4) is 0 Å². The molecular weight excluding hydrogens is 310 g/mol. The van der Waals surface area contributed by atoms with Crippen molar-refractivity contribution < 1.29 is 14.0 Å². The van der Waals surface area contributed by atoms with E-state index >= 15 is 0 Å². The van der Waals surface area contributed by atoms with Crippen LogP contribution in [0.25, 0.3) is 0 Å². The number of benzene rings is 1. The summed E-state index contributed by atoms with van der Waals surface area (Å²) in [4.78, 5) is 12.4. The van der Waals surface area contributed by atoms with Gasteiger partial charge in [-0.05, 0) is 44.2 Å². The SMILES string of the molecule is CCCCCC[N+](C)(C)C[C@H]1CCCC[C@@H]1OC(=O)c1ccccc1.